The molecule has 0 heterocycles. The normalized spacial score (nSPS) is 10.7. The van der Waals surface area contributed by atoms with Crippen LogP contribution in [0.3, 0.4) is 0 Å². The summed E-state index contributed by atoms with van der Waals surface area (Å²) in [5.41, 5.74) is 3.92. The van der Waals surface area contributed by atoms with E-state index in [0.717, 1.165) is 27.5 Å². The molecule has 0 aliphatic heterocycles. The number of aromatic carboxylic acids is 1. The molecule has 0 unspecified atom stereocenters. The Hall–Kier alpha value is -2.81. The van der Waals surface area contributed by atoms with Crippen LogP contribution >= 0.6 is 0 Å². The van der Waals surface area contributed by atoms with Gasteiger partial charge < -0.3 is 9.84 Å². The molecule has 0 aromatic heterocycles. The molecule has 23 heavy (non-hydrogen) atoms. The van der Waals surface area contributed by atoms with E-state index in [-0.39, 0.29) is 5.56 Å². The Kier molecular flexibility index (Phi) is 3.78. The molecule has 0 fully saturated rings. The number of carboxylic acids is 1. The van der Waals surface area contributed by atoms with Gasteiger partial charge in [0.2, 0.25) is 0 Å². The molecule has 0 atom stereocenters. The lowest BCUT2D eigenvalue weighted by molar-refractivity contribution is 0.0698. The van der Waals surface area contributed by atoms with Crippen molar-refractivity contribution in [2.24, 2.45) is 0 Å². The van der Waals surface area contributed by atoms with E-state index in [1.54, 1.807) is 13.2 Å². The zero-order chi connectivity index (χ0) is 16.6. The van der Waals surface area contributed by atoms with Crippen LogP contribution in [0.4, 0.5) is 0 Å². The van der Waals surface area contributed by atoms with Crippen LogP contribution in [-0.4, -0.2) is 18.2 Å². The van der Waals surface area contributed by atoms with Gasteiger partial charge in [-0.3, -0.25) is 0 Å². The molecule has 0 saturated carbocycles. The van der Waals surface area contributed by atoms with E-state index in [0.29, 0.717) is 11.3 Å². The molecule has 3 aromatic rings. The van der Waals surface area contributed by atoms with Gasteiger partial charge in [-0.15, -0.1) is 0 Å². The van der Waals surface area contributed by atoms with Gasteiger partial charge in [-0.25, -0.2) is 4.79 Å². The Labute approximate surface area is 135 Å². The van der Waals surface area contributed by atoms with Crippen molar-refractivity contribution in [3.63, 3.8) is 0 Å². The van der Waals surface area contributed by atoms with Gasteiger partial charge in [0.1, 0.15) is 5.75 Å². The van der Waals surface area contributed by atoms with Crippen LogP contribution in [0, 0.1) is 13.8 Å². The predicted molar refractivity (Wildman–Crippen MR) is 92.4 cm³/mol. The minimum atomic E-state index is -0.937. The predicted octanol–water partition coefficient (Wildman–Crippen LogP) is 4.83. The summed E-state index contributed by atoms with van der Waals surface area (Å²) in [7, 11) is 1.61. The fourth-order valence-electron chi connectivity index (χ4n) is 3.13. The van der Waals surface area contributed by atoms with Crippen molar-refractivity contribution in [1.82, 2.24) is 0 Å². The van der Waals surface area contributed by atoms with Crippen LogP contribution in [0.1, 0.15) is 21.5 Å². The second-order valence-electron chi connectivity index (χ2n) is 5.67. The zero-order valence-electron chi connectivity index (χ0n) is 13.4. The third-order valence-corrected chi connectivity index (χ3v) is 4.07. The first kappa shape index (κ1) is 15.1. The maximum atomic E-state index is 11.8. The largest absolute Gasteiger partial charge is 0.496 e. The van der Waals surface area contributed by atoms with Crippen LogP contribution in [0.15, 0.2) is 48.5 Å². The minimum absolute atomic E-state index is 0.286. The molecule has 1 N–H and O–H groups in total. The summed E-state index contributed by atoms with van der Waals surface area (Å²) < 4.78 is 5.55. The monoisotopic (exact) mass is 306 g/mol. The van der Waals surface area contributed by atoms with Crippen molar-refractivity contribution in [2.75, 3.05) is 7.11 Å². The van der Waals surface area contributed by atoms with E-state index in [1.165, 1.54) is 0 Å². The van der Waals surface area contributed by atoms with Gasteiger partial charge >= 0.3 is 5.97 Å². The third-order valence-electron chi connectivity index (χ3n) is 4.07. The van der Waals surface area contributed by atoms with E-state index in [2.05, 4.69) is 0 Å². The molecule has 0 bridgehead atoms. The van der Waals surface area contributed by atoms with Crippen LogP contribution in [-0.2, 0) is 0 Å². The summed E-state index contributed by atoms with van der Waals surface area (Å²) in [6.45, 7) is 3.98. The van der Waals surface area contributed by atoms with Gasteiger partial charge in [-0.05, 0) is 47.9 Å². The lowest BCUT2D eigenvalue weighted by atomic mass is 9.89. The van der Waals surface area contributed by atoms with Gasteiger partial charge in [0.25, 0.3) is 0 Å². The first-order valence-electron chi connectivity index (χ1n) is 7.43. The van der Waals surface area contributed by atoms with Crippen molar-refractivity contribution in [1.29, 1.82) is 0 Å². The Morgan fingerprint density at radius 1 is 1.00 bits per heavy atom. The maximum absolute atomic E-state index is 11.8. The summed E-state index contributed by atoms with van der Waals surface area (Å²) in [6, 6.07) is 15.3. The molecule has 3 aromatic carbocycles. The van der Waals surface area contributed by atoms with E-state index in [9.17, 15) is 9.90 Å². The lowest BCUT2D eigenvalue weighted by Crippen LogP contribution is -2.03. The summed E-state index contributed by atoms with van der Waals surface area (Å²) in [5.74, 6) is -0.242. The number of aryl methyl sites for hydroxylation is 2. The molecule has 116 valence electrons. The van der Waals surface area contributed by atoms with Crippen LogP contribution < -0.4 is 4.74 Å². The molecular weight excluding hydrogens is 288 g/mol. The maximum Gasteiger partial charge on any atom is 0.336 e. The van der Waals surface area contributed by atoms with E-state index >= 15 is 0 Å². The minimum Gasteiger partial charge on any atom is -0.496 e. The lowest BCUT2D eigenvalue weighted by Gasteiger charge is -2.17. The van der Waals surface area contributed by atoms with Gasteiger partial charge in [0.15, 0.2) is 0 Å². The Balaban J connectivity index is 2.49. The summed E-state index contributed by atoms with van der Waals surface area (Å²) >= 11 is 0. The van der Waals surface area contributed by atoms with Gasteiger partial charge in [-0.2, -0.15) is 0 Å². The highest BCUT2D eigenvalue weighted by Crippen LogP contribution is 2.40. The number of methoxy groups -OCH3 is 1. The second kappa shape index (κ2) is 5.76. The van der Waals surface area contributed by atoms with Crippen molar-refractivity contribution in [2.45, 2.75) is 13.8 Å². The molecule has 3 nitrogen and oxygen atoms in total. The van der Waals surface area contributed by atoms with Crippen molar-refractivity contribution in [3.05, 3.63) is 65.2 Å². The van der Waals surface area contributed by atoms with Crippen molar-refractivity contribution in [3.8, 4) is 16.9 Å². The number of rotatable bonds is 3. The van der Waals surface area contributed by atoms with Crippen molar-refractivity contribution >= 4 is 16.7 Å². The topological polar surface area (TPSA) is 46.5 Å². The molecule has 0 spiro atoms. The second-order valence-corrected chi connectivity index (χ2v) is 5.67. The molecule has 3 rings (SSSR count). The standard InChI is InChI=1S/C20H18O3/c1-12-10-13(2)18(17(11-12)23-3)19-15-7-5-4-6-14(15)8-9-16(19)20(21)22/h4-11H,1-3H3,(H,21,22). The van der Waals surface area contributed by atoms with Crippen LogP contribution in [0.25, 0.3) is 21.9 Å². The first-order valence-corrected chi connectivity index (χ1v) is 7.43. The molecule has 3 heteroatoms. The average Bonchev–Trinajstić information content (AvgIpc) is 2.53. The zero-order valence-corrected chi connectivity index (χ0v) is 13.4. The number of fused-ring (bicyclic) bond motifs is 1. The summed E-state index contributed by atoms with van der Waals surface area (Å²) in [4.78, 5) is 11.8. The molecule has 0 radical (unpaired) electrons. The van der Waals surface area contributed by atoms with E-state index < -0.39 is 5.97 Å². The van der Waals surface area contributed by atoms with Gasteiger partial charge in [-0.1, -0.05) is 36.4 Å². The fraction of sp³-hybridized carbons (Fsp3) is 0.150. The third kappa shape index (κ3) is 2.55. The smallest absolute Gasteiger partial charge is 0.336 e. The molecular formula is C20H18O3. The summed E-state index contributed by atoms with van der Waals surface area (Å²) in [6.07, 6.45) is 0. The van der Waals surface area contributed by atoms with E-state index in [1.807, 2.05) is 56.3 Å². The number of hydrogen-bond donors (Lipinski definition) is 1. The number of hydrogen-bond acceptors (Lipinski definition) is 2. The SMILES string of the molecule is COc1cc(C)cc(C)c1-c1c(C(=O)O)ccc2ccccc12. The van der Waals surface area contributed by atoms with Crippen LogP contribution in [0.5, 0.6) is 5.75 Å². The average molecular weight is 306 g/mol. The number of carboxylic acid groups (broad SMARTS) is 1. The highest BCUT2D eigenvalue weighted by molar-refractivity contribution is 6.09. The number of benzene rings is 3. The Bertz CT molecular complexity index is 910. The summed E-state index contributed by atoms with van der Waals surface area (Å²) in [5, 5.41) is 11.6. The Morgan fingerprint density at radius 3 is 2.43 bits per heavy atom. The highest BCUT2D eigenvalue weighted by atomic mass is 16.5. The first-order chi connectivity index (χ1) is 11.0. The van der Waals surface area contributed by atoms with Gasteiger partial charge in [0, 0.05) is 11.1 Å². The molecule has 0 saturated heterocycles. The van der Waals surface area contributed by atoms with Crippen molar-refractivity contribution < 1.29 is 14.6 Å². The molecule has 0 aliphatic carbocycles. The fourth-order valence-corrected chi connectivity index (χ4v) is 3.13. The van der Waals surface area contributed by atoms with Crippen LogP contribution in [0.2, 0.25) is 0 Å². The highest BCUT2D eigenvalue weighted by Gasteiger charge is 2.20. The molecule has 0 aliphatic rings. The van der Waals surface area contributed by atoms with Gasteiger partial charge in [0.05, 0.1) is 12.7 Å². The van der Waals surface area contributed by atoms with E-state index in [4.69, 9.17) is 4.74 Å². The number of ether oxygens (including phenoxy) is 1. The quantitative estimate of drug-likeness (QED) is 0.754. The molecule has 0 amide bonds. The number of carbonyl (C=O) groups is 1. The Morgan fingerprint density at radius 2 is 1.74 bits per heavy atom.